The lowest BCUT2D eigenvalue weighted by Crippen LogP contribution is -2.52. The number of amides is 1. The van der Waals surface area contributed by atoms with Crippen LogP contribution in [0.1, 0.15) is 28.2 Å². The van der Waals surface area contributed by atoms with Gasteiger partial charge in [-0.2, -0.15) is 5.10 Å². The van der Waals surface area contributed by atoms with E-state index in [0.29, 0.717) is 37.4 Å². The molecule has 2 heterocycles. The molecule has 1 saturated heterocycles. The first-order valence-electron chi connectivity index (χ1n) is 7.27. The molecule has 0 spiro atoms. The van der Waals surface area contributed by atoms with Gasteiger partial charge in [0.15, 0.2) is 0 Å². The topological polar surface area (TPSA) is 96.7 Å². The summed E-state index contributed by atoms with van der Waals surface area (Å²) in [4.78, 5) is 24.2. The number of piperazine rings is 1. The summed E-state index contributed by atoms with van der Waals surface area (Å²) in [6.07, 6.45) is -0.141. The minimum Gasteiger partial charge on any atom is -0.465 e. The highest BCUT2D eigenvalue weighted by Crippen LogP contribution is 2.15. The van der Waals surface area contributed by atoms with E-state index in [9.17, 15) is 9.59 Å². The number of carbonyl (C=O) groups is 2. The summed E-state index contributed by atoms with van der Waals surface area (Å²) >= 11 is 0. The smallest absolute Gasteiger partial charge is 0.407 e. The number of methoxy groups -OCH3 is 1. The summed E-state index contributed by atoms with van der Waals surface area (Å²) in [7, 11) is 1.35. The highest BCUT2D eigenvalue weighted by Gasteiger charge is 2.24. The monoisotopic (exact) mass is 310 g/mol. The van der Waals surface area contributed by atoms with Gasteiger partial charge in [0, 0.05) is 32.2 Å². The highest BCUT2D eigenvalue weighted by molar-refractivity contribution is 5.91. The van der Waals surface area contributed by atoms with Gasteiger partial charge in [-0.15, -0.1) is 0 Å². The van der Waals surface area contributed by atoms with Crippen LogP contribution in [0.4, 0.5) is 4.79 Å². The van der Waals surface area contributed by atoms with Crippen LogP contribution in [-0.4, -0.2) is 64.6 Å². The number of esters is 1. The molecular weight excluding hydrogens is 288 g/mol. The van der Waals surface area contributed by atoms with Gasteiger partial charge in [0.1, 0.15) is 5.56 Å². The fourth-order valence-corrected chi connectivity index (χ4v) is 2.78. The molecule has 8 heteroatoms. The van der Waals surface area contributed by atoms with Crippen molar-refractivity contribution >= 4 is 12.1 Å². The average molecular weight is 310 g/mol. The van der Waals surface area contributed by atoms with Gasteiger partial charge in [0.05, 0.1) is 18.5 Å². The molecule has 2 rings (SSSR count). The van der Waals surface area contributed by atoms with Crippen LogP contribution in [0.3, 0.4) is 0 Å². The summed E-state index contributed by atoms with van der Waals surface area (Å²) in [5.41, 5.74) is 1.93. The molecule has 0 saturated carbocycles. The van der Waals surface area contributed by atoms with Crippen LogP contribution in [0.5, 0.6) is 0 Å². The summed E-state index contributed by atoms with van der Waals surface area (Å²) < 4.78 is 6.55. The lowest BCUT2D eigenvalue weighted by molar-refractivity contribution is 0.0598. The van der Waals surface area contributed by atoms with Crippen molar-refractivity contribution in [2.24, 2.45) is 0 Å². The molecule has 1 atom stereocenters. The van der Waals surface area contributed by atoms with Crippen molar-refractivity contribution < 1.29 is 19.4 Å². The SMILES string of the molecule is COC(=O)c1c(C)nn(CC[C@@H]2CN(C(=O)O)CCN2)c1C. The number of aromatic nitrogens is 2. The van der Waals surface area contributed by atoms with E-state index in [1.165, 1.54) is 12.0 Å². The largest absolute Gasteiger partial charge is 0.465 e. The molecule has 0 aliphatic carbocycles. The van der Waals surface area contributed by atoms with Crippen molar-refractivity contribution in [1.29, 1.82) is 0 Å². The van der Waals surface area contributed by atoms with Crippen molar-refractivity contribution in [2.45, 2.75) is 32.9 Å². The Hall–Kier alpha value is -2.09. The Morgan fingerprint density at radius 1 is 1.45 bits per heavy atom. The number of rotatable bonds is 4. The van der Waals surface area contributed by atoms with Gasteiger partial charge >= 0.3 is 12.1 Å². The Balaban J connectivity index is 2.00. The summed E-state index contributed by atoms with van der Waals surface area (Å²) in [6, 6.07) is 0.0929. The molecule has 1 aromatic rings. The van der Waals surface area contributed by atoms with Crippen molar-refractivity contribution in [2.75, 3.05) is 26.7 Å². The van der Waals surface area contributed by atoms with Gasteiger partial charge in [-0.3, -0.25) is 4.68 Å². The maximum absolute atomic E-state index is 11.7. The molecule has 0 aromatic carbocycles. The van der Waals surface area contributed by atoms with Crippen molar-refractivity contribution in [1.82, 2.24) is 20.0 Å². The second kappa shape index (κ2) is 6.78. The zero-order chi connectivity index (χ0) is 16.3. The number of nitrogens with zero attached hydrogens (tertiary/aromatic N) is 3. The van der Waals surface area contributed by atoms with Gasteiger partial charge in [-0.25, -0.2) is 9.59 Å². The van der Waals surface area contributed by atoms with Crippen molar-refractivity contribution in [3.05, 3.63) is 17.0 Å². The molecule has 1 fully saturated rings. The van der Waals surface area contributed by atoms with E-state index in [-0.39, 0.29) is 12.0 Å². The Bertz CT molecular complexity index is 569. The Kier molecular flexibility index (Phi) is 5.02. The fraction of sp³-hybridized carbons (Fsp3) is 0.643. The van der Waals surface area contributed by atoms with E-state index < -0.39 is 6.09 Å². The van der Waals surface area contributed by atoms with E-state index in [1.54, 1.807) is 11.6 Å². The van der Waals surface area contributed by atoms with E-state index in [0.717, 1.165) is 12.1 Å². The lowest BCUT2D eigenvalue weighted by atomic mass is 10.1. The average Bonchev–Trinajstić information content (AvgIpc) is 2.79. The number of hydrogen-bond donors (Lipinski definition) is 2. The van der Waals surface area contributed by atoms with Gasteiger partial charge in [0.2, 0.25) is 0 Å². The Morgan fingerprint density at radius 2 is 2.18 bits per heavy atom. The van der Waals surface area contributed by atoms with Crippen LogP contribution in [0.15, 0.2) is 0 Å². The first-order valence-corrected chi connectivity index (χ1v) is 7.27. The first kappa shape index (κ1) is 16.3. The maximum Gasteiger partial charge on any atom is 0.407 e. The molecule has 1 aliphatic heterocycles. The number of carboxylic acid groups (broad SMARTS) is 1. The van der Waals surface area contributed by atoms with Crippen LogP contribution in [0.2, 0.25) is 0 Å². The second-order valence-electron chi connectivity index (χ2n) is 5.43. The third-order valence-corrected chi connectivity index (χ3v) is 3.99. The summed E-state index contributed by atoms with van der Waals surface area (Å²) in [5.74, 6) is -0.380. The van der Waals surface area contributed by atoms with Crippen LogP contribution in [0, 0.1) is 13.8 Å². The number of hydrogen-bond acceptors (Lipinski definition) is 5. The van der Waals surface area contributed by atoms with Crippen molar-refractivity contribution in [3.8, 4) is 0 Å². The third-order valence-electron chi connectivity index (χ3n) is 3.99. The number of nitrogens with one attached hydrogen (secondary N) is 1. The summed E-state index contributed by atoms with van der Waals surface area (Å²) in [6.45, 7) is 5.87. The Labute approximate surface area is 129 Å². The molecule has 0 bridgehead atoms. The summed E-state index contributed by atoms with van der Waals surface area (Å²) in [5, 5.41) is 16.7. The molecule has 1 aromatic heterocycles. The van der Waals surface area contributed by atoms with E-state index >= 15 is 0 Å². The molecule has 122 valence electrons. The molecule has 0 radical (unpaired) electrons. The van der Waals surface area contributed by atoms with Crippen LogP contribution >= 0.6 is 0 Å². The molecule has 0 unspecified atom stereocenters. The predicted molar refractivity (Wildman–Crippen MR) is 79.0 cm³/mol. The molecule has 1 amide bonds. The zero-order valence-electron chi connectivity index (χ0n) is 13.1. The zero-order valence-corrected chi connectivity index (χ0v) is 13.1. The lowest BCUT2D eigenvalue weighted by Gasteiger charge is -2.31. The number of aryl methyl sites for hydroxylation is 2. The van der Waals surface area contributed by atoms with Crippen LogP contribution < -0.4 is 5.32 Å². The van der Waals surface area contributed by atoms with Crippen LogP contribution in [0.25, 0.3) is 0 Å². The van der Waals surface area contributed by atoms with Crippen LogP contribution in [-0.2, 0) is 11.3 Å². The normalized spacial score (nSPS) is 18.3. The molecule has 22 heavy (non-hydrogen) atoms. The standard InChI is InChI=1S/C14H22N4O4/c1-9-12(13(19)22-3)10(2)18(16-9)6-4-11-8-17(14(20)21)7-5-15-11/h11,15H,4-8H2,1-3H3,(H,20,21)/t11-/m1/s1. The predicted octanol–water partition coefficient (Wildman–Crippen LogP) is 0.628. The van der Waals surface area contributed by atoms with Gasteiger partial charge in [0.25, 0.3) is 0 Å². The number of carbonyl (C=O) groups excluding carboxylic acids is 1. The van der Waals surface area contributed by atoms with E-state index in [2.05, 4.69) is 10.4 Å². The molecule has 1 aliphatic rings. The molecule has 2 N–H and O–H groups in total. The highest BCUT2D eigenvalue weighted by atomic mass is 16.5. The van der Waals surface area contributed by atoms with E-state index in [4.69, 9.17) is 9.84 Å². The fourth-order valence-electron chi connectivity index (χ4n) is 2.78. The molecule has 8 nitrogen and oxygen atoms in total. The number of ether oxygens (including phenoxy) is 1. The maximum atomic E-state index is 11.7. The Morgan fingerprint density at radius 3 is 2.82 bits per heavy atom. The van der Waals surface area contributed by atoms with Crippen molar-refractivity contribution in [3.63, 3.8) is 0 Å². The minimum absolute atomic E-state index is 0.0929. The van der Waals surface area contributed by atoms with Gasteiger partial charge in [-0.1, -0.05) is 0 Å². The quantitative estimate of drug-likeness (QED) is 0.792. The van der Waals surface area contributed by atoms with E-state index in [1.807, 2.05) is 6.92 Å². The van der Waals surface area contributed by atoms with Gasteiger partial charge < -0.3 is 20.1 Å². The first-order chi connectivity index (χ1) is 10.4. The third kappa shape index (κ3) is 3.38. The second-order valence-corrected chi connectivity index (χ2v) is 5.43. The minimum atomic E-state index is -0.884. The molecular formula is C14H22N4O4. The van der Waals surface area contributed by atoms with Gasteiger partial charge in [-0.05, 0) is 20.3 Å².